The first-order valence-electron chi connectivity index (χ1n) is 11.7. The van der Waals surface area contributed by atoms with Gasteiger partial charge in [0.1, 0.15) is 5.69 Å². The first-order valence-corrected chi connectivity index (χ1v) is 12.6. The number of nitrogens with zero attached hydrogens (tertiary/aromatic N) is 3. The summed E-state index contributed by atoms with van der Waals surface area (Å²) in [6.07, 6.45) is 0.981. The number of benzene rings is 1. The Morgan fingerprint density at radius 2 is 2.09 bits per heavy atom. The van der Waals surface area contributed by atoms with E-state index in [9.17, 15) is 9.59 Å². The van der Waals surface area contributed by atoms with Gasteiger partial charge in [-0.2, -0.15) is 0 Å². The average molecular weight is 504 g/mol. The zero-order valence-electron chi connectivity index (χ0n) is 20.4. The maximum atomic E-state index is 13.0. The molecule has 190 valence electrons. The SMILES string of the molecule is COCCNC(=O)c1cc(C2CN(C)CCO2)ccc1NC(=O)c1csc(N2CC[C@H](OC)C2)n1. The molecule has 0 radical (unpaired) electrons. The summed E-state index contributed by atoms with van der Waals surface area (Å²) in [6, 6.07) is 5.45. The van der Waals surface area contributed by atoms with E-state index in [4.69, 9.17) is 14.2 Å². The summed E-state index contributed by atoms with van der Waals surface area (Å²) >= 11 is 1.43. The van der Waals surface area contributed by atoms with E-state index in [-0.39, 0.29) is 24.0 Å². The molecule has 2 N–H and O–H groups in total. The zero-order chi connectivity index (χ0) is 24.8. The van der Waals surface area contributed by atoms with Gasteiger partial charge in [-0.25, -0.2) is 4.98 Å². The highest BCUT2D eigenvalue weighted by Gasteiger charge is 2.26. The minimum Gasteiger partial charge on any atom is -0.383 e. The minimum absolute atomic E-state index is 0.137. The van der Waals surface area contributed by atoms with Crippen molar-refractivity contribution in [2.24, 2.45) is 0 Å². The topological polar surface area (TPSA) is 105 Å². The molecule has 10 nitrogen and oxygen atoms in total. The molecule has 2 aliphatic rings. The van der Waals surface area contributed by atoms with Crippen LogP contribution in [0.5, 0.6) is 0 Å². The molecule has 2 atom stereocenters. The standard InChI is InChI=1S/C24H33N5O5S/c1-28-9-11-34-21(14-28)16-4-5-19(18(12-16)22(30)25-7-10-32-2)26-23(31)20-15-35-24(27-20)29-8-6-17(13-29)33-3/h4-5,12,15,17,21H,6-11,13-14H2,1-3H3,(H,25,30)(H,26,31)/t17-,21?/m0/s1. The number of hydrogen-bond donors (Lipinski definition) is 2. The first-order chi connectivity index (χ1) is 17.0. The van der Waals surface area contributed by atoms with Crippen molar-refractivity contribution in [3.8, 4) is 0 Å². The van der Waals surface area contributed by atoms with Crippen LogP contribution in [0.15, 0.2) is 23.6 Å². The van der Waals surface area contributed by atoms with Crippen LogP contribution in [0.3, 0.4) is 0 Å². The van der Waals surface area contributed by atoms with Crippen LogP contribution in [-0.4, -0.2) is 95.0 Å². The molecular weight excluding hydrogens is 470 g/mol. The first kappa shape index (κ1) is 25.5. The molecule has 4 rings (SSSR count). The molecule has 0 saturated carbocycles. The van der Waals surface area contributed by atoms with Gasteiger partial charge >= 0.3 is 0 Å². The van der Waals surface area contributed by atoms with E-state index in [0.717, 1.165) is 43.3 Å². The van der Waals surface area contributed by atoms with Gasteiger partial charge in [-0.15, -0.1) is 11.3 Å². The van der Waals surface area contributed by atoms with Gasteiger partial charge in [-0.1, -0.05) is 6.07 Å². The predicted molar refractivity (Wildman–Crippen MR) is 135 cm³/mol. The highest BCUT2D eigenvalue weighted by molar-refractivity contribution is 7.14. The number of amides is 2. The van der Waals surface area contributed by atoms with E-state index < -0.39 is 0 Å². The van der Waals surface area contributed by atoms with Crippen LogP contribution in [0.2, 0.25) is 0 Å². The minimum atomic E-state index is -0.359. The van der Waals surface area contributed by atoms with Crippen molar-refractivity contribution in [3.05, 3.63) is 40.4 Å². The Bertz CT molecular complexity index is 1030. The van der Waals surface area contributed by atoms with Crippen LogP contribution in [0.4, 0.5) is 10.8 Å². The molecule has 2 aromatic rings. The van der Waals surface area contributed by atoms with Gasteiger partial charge in [0.05, 0.1) is 36.7 Å². The largest absolute Gasteiger partial charge is 0.383 e. The fourth-order valence-corrected chi connectivity index (χ4v) is 5.04. The Kier molecular flexibility index (Phi) is 8.69. The summed E-state index contributed by atoms with van der Waals surface area (Å²) in [7, 11) is 5.33. The third-order valence-corrected chi connectivity index (χ3v) is 7.14. The molecule has 2 aliphatic heterocycles. The molecule has 3 heterocycles. The van der Waals surface area contributed by atoms with Gasteiger partial charge in [-0.05, 0) is 31.2 Å². The number of carbonyl (C=O) groups excluding carboxylic acids is 2. The van der Waals surface area contributed by atoms with Gasteiger partial charge in [0, 0.05) is 52.3 Å². The van der Waals surface area contributed by atoms with E-state index in [1.54, 1.807) is 31.7 Å². The van der Waals surface area contributed by atoms with E-state index in [0.29, 0.717) is 36.7 Å². The van der Waals surface area contributed by atoms with Gasteiger partial charge in [0.15, 0.2) is 5.13 Å². The number of morpholine rings is 1. The van der Waals surface area contributed by atoms with Crippen LogP contribution in [0.25, 0.3) is 0 Å². The fourth-order valence-electron chi connectivity index (χ4n) is 4.19. The molecular formula is C24H33N5O5S. The summed E-state index contributed by atoms with van der Waals surface area (Å²) in [5.74, 6) is -0.646. The Balaban J connectivity index is 1.51. The average Bonchev–Trinajstić information content (AvgIpc) is 3.54. The molecule has 11 heteroatoms. The Labute approximate surface area is 209 Å². The maximum absolute atomic E-state index is 13.0. The number of ether oxygens (including phenoxy) is 3. The van der Waals surface area contributed by atoms with Crippen molar-refractivity contribution in [2.75, 3.05) is 77.4 Å². The van der Waals surface area contributed by atoms with Crippen LogP contribution in [0.1, 0.15) is 38.9 Å². The van der Waals surface area contributed by atoms with Gasteiger partial charge < -0.3 is 34.6 Å². The summed E-state index contributed by atoms with van der Waals surface area (Å²) in [6.45, 7) is 4.60. The zero-order valence-corrected chi connectivity index (χ0v) is 21.2. The van der Waals surface area contributed by atoms with Crippen LogP contribution < -0.4 is 15.5 Å². The second-order valence-electron chi connectivity index (χ2n) is 8.74. The van der Waals surface area contributed by atoms with Crippen LogP contribution >= 0.6 is 11.3 Å². The normalized spacial score (nSPS) is 20.7. The van der Waals surface area contributed by atoms with Crippen molar-refractivity contribution >= 4 is 34.0 Å². The number of methoxy groups -OCH3 is 2. The lowest BCUT2D eigenvalue weighted by molar-refractivity contribution is -0.0209. The van der Waals surface area contributed by atoms with E-state index >= 15 is 0 Å². The van der Waals surface area contributed by atoms with Gasteiger partial charge in [0.25, 0.3) is 11.8 Å². The Morgan fingerprint density at radius 1 is 1.23 bits per heavy atom. The van der Waals surface area contributed by atoms with Crippen molar-refractivity contribution in [1.82, 2.24) is 15.2 Å². The second-order valence-corrected chi connectivity index (χ2v) is 9.57. The molecule has 1 unspecified atom stereocenters. The number of nitrogens with one attached hydrogen (secondary N) is 2. The van der Waals surface area contributed by atoms with E-state index in [1.807, 2.05) is 13.1 Å². The van der Waals surface area contributed by atoms with E-state index in [1.165, 1.54) is 11.3 Å². The van der Waals surface area contributed by atoms with E-state index in [2.05, 4.69) is 25.4 Å². The number of anilines is 2. The number of aromatic nitrogens is 1. The van der Waals surface area contributed by atoms with Crippen molar-refractivity contribution in [2.45, 2.75) is 18.6 Å². The molecule has 35 heavy (non-hydrogen) atoms. The van der Waals surface area contributed by atoms with Crippen molar-refractivity contribution in [3.63, 3.8) is 0 Å². The Morgan fingerprint density at radius 3 is 2.83 bits per heavy atom. The molecule has 2 fully saturated rings. The highest BCUT2D eigenvalue weighted by atomic mass is 32.1. The summed E-state index contributed by atoms with van der Waals surface area (Å²) in [5, 5.41) is 8.26. The molecule has 0 bridgehead atoms. The molecule has 2 amide bonds. The Hall–Kier alpha value is -2.57. The number of thiazole rings is 1. The van der Waals surface area contributed by atoms with Crippen LogP contribution in [0, 0.1) is 0 Å². The fraction of sp³-hybridized carbons (Fsp3) is 0.542. The molecule has 2 saturated heterocycles. The molecule has 1 aromatic carbocycles. The smallest absolute Gasteiger partial charge is 0.275 e. The number of likely N-dealkylation sites (N-methyl/N-ethyl adjacent to an activating group) is 1. The number of rotatable bonds is 9. The maximum Gasteiger partial charge on any atom is 0.275 e. The van der Waals surface area contributed by atoms with Gasteiger partial charge in [0.2, 0.25) is 0 Å². The lowest BCUT2D eigenvalue weighted by Gasteiger charge is -2.30. The van der Waals surface area contributed by atoms with Crippen LogP contribution in [-0.2, 0) is 14.2 Å². The highest BCUT2D eigenvalue weighted by Crippen LogP contribution is 2.28. The van der Waals surface area contributed by atoms with Gasteiger partial charge in [-0.3, -0.25) is 9.59 Å². The number of hydrogen-bond acceptors (Lipinski definition) is 9. The third kappa shape index (κ3) is 6.36. The van der Waals surface area contributed by atoms with Crippen molar-refractivity contribution in [1.29, 1.82) is 0 Å². The second kappa shape index (κ2) is 11.9. The summed E-state index contributed by atoms with van der Waals surface area (Å²) in [5.41, 5.74) is 2.01. The lowest BCUT2D eigenvalue weighted by atomic mass is 10.0. The van der Waals surface area contributed by atoms with Crippen molar-refractivity contribution < 1.29 is 23.8 Å². The third-order valence-electron chi connectivity index (χ3n) is 6.24. The lowest BCUT2D eigenvalue weighted by Crippen LogP contribution is -2.35. The summed E-state index contributed by atoms with van der Waals surface area (Å²) in [4.78, 5) is 34.9. The molecule has 0 aliphatic carbocycles. The predicted octanol–water partition coefficient (Wildman–Crippen LogP) is 2.00. The molecule has 0 spiro atoms. The molecule has 1 aromatic heterocycles. The quantitative estimate of drug-likeness (QED) is 0.501. The summed E-state index contributed by atoms with van der Waals surface area (Å²) < 4.78 is 16.4. The monoisotopic (exact) mass is 503 g/mol. The number of carbonyl (C=O) groups is 2.